The van der Waals surface area contributed by atoms with Gasteiger partial charge in [0, 0.05) is 17.8 Å². The molecule has 3 aromatic rings. The molecule has 3 aromatic carbocycles. The van der Waals surface area contributed by atoms with Gasteiger partial charge in [-0.3, -0.25) is 24.5 Å². The van der Waals surface area contributed by atoms with Crippen LogP contribution in [0.2, 0.25) is 0 Å². The molecule has 0 atom stereocenters. The second kappa shape index (κ2) is 10.4. The third-order valence-electron chi connectivity index (χ3n) is 4.39. The number of carbonyl (C=O) groups excluding carboxylic acids is 3. The summed E-state index contributed by atoms with van der Waals surface area (Å²) in [5, 5.41) is 19.5. The van der Waals surface area contributed by atoms with Gasteiger partial charge in [0.05, 0.1) is 22.4 Å². The largest absolute Gasteiger partial charge is 0.329 e. The van der Waals surface area contributed by atoms with Crippen LogP contribution in [0.4, 0.5) is 17.1 Å². The maximum Gasteiger partial charge on any atom is 0.329 e. The van der Waals surface area contributed by atoms with E-state index in [0.717, 1.165) is 5.56 Å². The summed E-state index contributed by atoms with van der Waals surface area (Å²) in [6, 6.07) is 19.0. The van der Waals surface area contributed by atoms with Gasteiger partial charge in [0.2, 0.25) is 0 Å². The molecule has 0 saturated carbocycles. The molecule has 0 fully saturated rings. The second-order valence-corrected chi connectivity index (χ2v) is 6.87. The number of benzene rings is 3. The number of amides is 3. The van der Waals surface area contributed by atoms with Crippen molar-refractivity contribution in [1.82, 2.24) is 5.43 Å². The highest BCUT2D eigenvalue weighted by molar-refractivity contribution is 6.40. The van der Waals surface area contributed by atoms with Crippen LogP contribution < -0.4 is 16.1 Å². The first-order valence-corrected chi connectivity index (χ1v) is 9.69. The third kappa shape index (κ3) is 6.31. The molecular formula is C23H19N5O5. The number of para-hydroxylation sites is 1. The lowest BCUT2D eigenvalue weighted by molar-refractivity contribution is -0.384. The van der Waals surface area contributed by atoms with Crippen molar-refractivity contribution in [3.05, 3.63) is 99.6 Å². The molecule has 0 aliphatic rings. The number of hydrazone groups is 1. The number of nitrogens with zero attached hydrogens (tertiary/aromatic N) is 2. The van der Waals surface area contributed by atoms with Crippen LogP contribution in [0.25, 0.3) is 0 Å². The predicted octanol–water partition coefficient (Wildman–Crippen LogP) is 3.24. The van der Waals surface area contributed by atoms with Crippen LogP contribution in [-0.4, -0.2) is 28.9 Å². The summed E-state index contributed by atoms with van der Waals surface area (Å²) in [5.74, 6) is -2.53. The Morgan fingerprint density at radius 1 is 0.909 bits per heavy atom. The number of nitro benzene ring substituents is 1. The minimum absolute atomic E-state index is 0.0827. The molecule has 3 N–H and O–H groups in total. The fourth-order valence-corrected chi connectivity index (χ4v) is 2.79. The van der Waals surface area contributed by atoms with Gasteiger partial charge in [0.25, 0.3) is 11.6 Å². The lowest BCUT2D eigenvalue weighted by Gasteiger charge is -2.11. The molecule has 0 aliphatic heterocycles. The molecule has 166 valence electrons. The number of hydrogen-bond acceptors (Lipinski definition) is 6. The molecule has 33 heavy (non-hydrogen) atoms. The van der Waals surface area contributed by atoms with Gasteiger partial charge in [-0.1, -0.05) is 24.3 Å². The Balaban J connectivity index is 1.62. The van der Waals surface area contributed by atoms with Crippen LogP contribution in [0.3, 0.4) is 0 Å². The Bertz CT molecular complexity index is 1240. The highest BCUT2D eigenvalue weighted by Gasteiger charge is 2.17. The average molecular weight is 445 g/mol. The standard InChI is InChI=1S/C23H19N5O5/c1-15-5-4-6-17(13-15)25-21(29)19-7-2-3-8-20(19)26-22(30)23(31)27-24-14-16-9-11-18(12-10-16)28(32)33/h2-14H,1H3,(H,25,29)(H,26,30)(H,27,31)/b24-14+. The monoisotopic (exact) mass is 445 g/mol. The third-order valence-corrected chi connectivity index (χ3v) is 4.39. The molecule has 0 spiro atoms. The summed E-state index contributed by atoms with van der Waals surface area (Å²) >= 11 is 0. The number of non-ortho nitro benzene ring substituents is 1. The molecule has 10 nitrogen and oxygen atoms in total. The summed E-state index contributed by atoms with van der Waals surface area (Å²) < 4.78 is 0. The topological polar surface area (TPSA) is 143 Å². The van der Waals surface area contributed by atoms with Gasteiger partial charge in [0.1, 0.15) is 0 Å². The molecular weight excluding hydrogens is 426 g/mol. The molecule has 3 rings (SSSR count). The van der Waals surface area contributed by atoms with Crippen molar-refractivity contribution in [2.24, 2.45) is 5.10 Å². The first kappa shape index (κ1) is 22.8. The van der Waals surface area contributed by atoms with Crippen LogP contribution >= 0.6 is 0 Å². The van der Waals surface area contributed by atoms with Gasteiger partial charge in [-0.25, -0.2) is 5.43 Å². The van der Waals surface area contributed by atoms with Crippen LogP contribution in [0, 0.1) is 17.0 Å². The lowest BCUT2D eigenvalue weighted by Crippen LogP contribution is -2.33. The minimum Gasteiger partial charge on any atom is -0.322 e. The van der Waals surface area contributed by atoms with Crippen molar-refractivity contribution in [1.29, 1.82) is 0 Å². The highest BCUT2D eigenvalue weighted by Crippen LogP contribution is 2.18. The van der Waals surface area contributed by atoms with Gasteiger partial charge >= 0.3 is 11.8 Å². The van der Waals surface area contributed by atoms with E-state index in [9.17, 15) is 24.5 Å². The van der Waals surface area contributed by atoms with E-state index in [1.807, 2.05) is 13.0 Å². The molecule has 3 amide bonds. The maximum absolute atomic E-state index is 12.7. The van der Waals surface area contributed by atoms with Crippen molar-refractivity contribution in [2.45, 2.75) is 6.92 Å². The Morgan fingerprint density at radius 2 is 1.64 bits per heavy atom. The summed E-state index contributed by atoms with van der Waals surface area (Å²) in [6.45, 7) is 1.90. The molecule has 0 aromatic heterocycles. The molecule has 0 aliphatic carbocycles. The summed E-state index contributed by atoms with van der Waals surface area (Å²) in [7, 11) is 0. The van der Waals surface area contributed by atoms with E-state index >= 15 is 0 Å². The van der Waals surface area contributed by atoms with E-state index < -0.39 is 22.6 Å². The van der Waals surface area contributed by atoms with Crippen LogP contribution in [-0.2, 0) is 9.59 Å². The maximum atomic E-state index is 12.7. The predicted molar refractivity (Wildman–Crippen MR) is 123 cm³/mol. The average Bonchev–Trinajstić information content (AvgIpc) is 2.79. The zero-order chi connectivity index (χ0) is 23.8. The number of carbonyl (C=O) groups is 3. The van der Waals surface area contributed by atoms with E-state index in [0.29, 0.717) is 11.3 Å². The van der Waals surface area contributed by atoms with Crippen molar-refractivity contribution < 1.29 is 19.3 Å². The van der Waals surface area contributed by atoms with Crippen LogP contribution in [0.5, 0.6) is 0 Å². The lowest BCUT2D eigenvalue weighted by atomic mass is 10.1. The molecule has 0 radical (unpaired) electrons. The number of hydrogen-bond donors (Lipinski definition) is 3. The number of nitrogens with one attached hydrogen (secondary N) is 3. The quantitative estimate of drug-likeness (QED) is 0.231. The number of rotatable bonds is 6. The summed E-state index contributed by atoms with van der Waals surface area (Å²) in [4.78, 5) is 47.1. The Morgan fingerprint density at radius 3 is 2.33 bits per heavy atom. The Kier molecular flexibility index (Phi) is 7.22. The minimum atomic E-state index is -1.05. The summed E-state index contributed by atoms with van der Waals surface area (Å²) in [6.07, 6.45) is 1.23. The van der Waals surface area contributed by atoms with Gasteiger partial charge in [-0.05, 0) is 54.4 Å². The van der Waals surface area contributed by atoms with Crippen molar-refractivity contribution in [3.63, 3.8) is 0 Å². The smallest absolute Gasteiger partial charge is 0.322 e. The van der Waals surface area contributed by atoms with Gasteiger partial charge < -0.3 is 10.6 Å². The Hall–Kier alpha value is -4.86. The number of nitro groups is 1. The summed E-state index contributed by atoms with van der Waals surface area (Å²) in [5.41, 5.74) is 4.37. The normalized spacial score (nSPS) is 10.5. The molecule has 0 bridgehead atoms. The van der Waals surface area contributed by atoms with E-state index in [1.54, 1.807) is 30.3 Å². The SMILES string of the molecule is Cc1cccc(NC(=O)c2ccccc2NC(=O)C(=O)N/N=C/c2ccc([N+](=O)[O-])cc2)c1. The number of aryl methyl sites for hydroxylation is 1. The van der Waals surface area contributed by atoms with Crippen LogP contribution in [0.15, 0.2) is 77.9 Å². The first-order valence-electron chi connectivity index (χ1n) is 9.69. The van der Waals surface area contributed by atoms with E-state index in [2.05, 4.69) is 21.2 Å². The zero-order valence-electron chi connectivity index (χ0n) is 17.4. The second-order valence-electron chi connectivity index (χ2n) is 6.87. The molecule has 0 unspecified atom stereocenters. The van der Waals surface area contributed by atoms with Crippen molar-refractivity contribution in [2.75, 3.05) is 10.6 Å². The van der Waals surface area contributed by atoms with Gasteiger partial charge in [0.15, 0.2) is 0 Å². The fraction of sp³-hybridized carbons (Fsp3) is 0.0435. The zero-order valence-corrected chi connectivity index (χ0v) is 17.4. The van der Waals surface area contributed by atoms with E-state index in [4.69, 9.17) is 0 Å². The van der Waals surface area contributed by atoms with Gasteiger partial charge in [-0.15, -0.1) is 0 Å². The highest BCUT2D eigenvalue weighted by atomic mass is 16.6. The molecule has 0 heterocycles. The first-order chi connectivity index (χ1) is 15.8. The van der Waals surface area contributed by atoms with Crippen molar-refractivity contribution in [3.8, 4) is 0 Å². The van der Waals surface area contributed by atoms with Gasteiger partial charge in [-0.2, -0.15) is 5.10 Å². The Labute approximate surface area is 188 Å². The number of anilines is 2. The molecule has 10 heteroatoms. The van der Waals surface area contributed by atoms with E-state index in [1.165, 1.54) is 42.6 Å². The van der Waals surface area contributed by atoms with E-state index in [-0.39, 0.29) is 16.9 Å². The fourth-order valence-electron chi connectivity index (χ4n) is 2.79. The van der Waals surface area contributed by atoms with Crippen molar-refractivity contribution >= 4 is 41.0 Å². The van der Waals surface area contributed by atoms with Crippen LogP contribution in [0.1, 0.15) is 21.5 Å². The molecule has 0 saturated heterocycles.